The van der Waals surface area contributed by atoms with E-state index in [1.807, 2.05) is 4.90 Å². The molecule has 6 heteroatoms. The van der Waals surface area contributed by atoms with Gasteiger partial charge < -0.3 is 16.0 Å². The van der Waals surface area contributed by atoms with Gasteiger partial charge in [-0.25, -0.2) is 0 Å². The number of hydrogen-bond acceptors (Lipinski definition) is 3. The minimum Gasteiger partial charge on any atom is -0.339 e. The Morgan fingerprint density at radius 1 is 1.19 bits per heavy atom. The van der Waals surface area contributed by atoms with E-state index in [0.717, 1.165) is 25.9 Å². The molecule has 1 aromatic carbocycles. The van der Waals surface area contributed by atoms with Crippen LogP contribution in [0.4, 0.5) is 5.69 Å². The van der Waals surface area contributed by atoms with Crippen LogP contribution in [0.25, 0.3) is 0 Å². The molecule has 5 nitrogen and oxygen atoms in total. The van der Waals surface area contributed by atoms with Crippen LogP contribution in [0, 0.1) is 0 Å². The minimum atomic E-state index is -0.604. The van der Waals surface area contributed by atoms with Crippen molar-refractivity contribution in [1.29, 1.82) is 0 Å². The first-order chi connectivity index (χ1) is 9.59. The number of likely N-dealkylation sites (tertiary alicyclic amines) is 1. The maximum absolute atomic E-state index is 12.5. The number of amides is 2. The van der Waals surface area contributed by atoms with Gasteiger partial charge in [-0.3, -0.25) is 9.59 Å². The van der Waals surface area contributed by atoms with Gasteiger partial charge in [-0.1, -0.05) is 12.1 Å². The highest BCUT2D eigenvalue weighted by Gasteiger charge is 2.21. The van der Waals surface area contributed by atoms with E-state index in [2.05, 4.69) is 5.32 Å². The summed E-state index contributed by atoms with van der Waals surface area (Å²) in [5.74, 6) is -0.311. The number of nitrogens with two attached hydrogens (primary N) is 1. The van der Waals surface area contributed by atoms with Crippen molar-refractivity contribution < 1.29 is 9.59 Å². The molecule has 0 aromatic heterocycles. The topological polar surface area (TPSA) is 75.4 Å². The van der Waals surface area contributed by atoms with Crippen LogP contribution in [0.3, 0.4) is 0 Å². The Hall–Kier alpha value is -1.59. The molecular weight excluding hydrogens is 290 g/mol. The van der Waals surface area contributed by atoms with E-state index < -0.39 is 6.04 Å². The van der Waals surface area contributed by atoms with E-state index in [-0.39, 0.29) is 24.2 Å². The standard InChI is InChI=1S/C15H21N3O2.ClH/c1-11(16)14(19)17-13-8-4-3-7-12(13)15(20)18-9-5-2-6-10-18;/h3-4,7-8,11H,2,5-6,9-10,16H2,1H3,(H,17,19);1H/t11-;/m0./s1. The van der Waals surface area contributed by atoms with Crippen LogP contribution < -0.4 is 11.1 Å². The maximum atomic E-state index is 12.5. The van der Waals surface area contributed by atoms with Gasteiger partial charge in [-0.2, -0.15) is 0 Å². The number of para-hydroxylation sites is 1. The van der Waals surface area contributed by atoms with Gasteiger partial charge in [0, 0.05) is 13.1 Å². The highest BCUT2D eigenvalue weighted by Crippen LogP contribution is 2.20. The number of benzene rings is 1. The lowest BCUT2D eigenvalue weighted by Crippen LogP contribution is -2.37. The molecule has 2 amide bonds. The SMILES string of the molecule is C[C@H](N)C(=O)Nc1ccccc1C(=O)N1CCCCC1.Cl. The molecule has 3 N–H and O–H groups in total. The van der Waals surface area contributed by atoms with Gasteiger partial charge >= 0.3 is 0 Å². The second kappa shape index (κ2) is 8.00. The molecule has 21 heavy (non-hydrogen) atoms. The van der Waals surface area contributed by atoms with Crippen LogP contribution in [0.15, 0.2) is 24.3 Å². The van der Waals surface area contributed by atoms with Crippen molar-refractivity contribution in [3.63, 3.8) is 0 Å². The summed E-state index contributed by atoms with van der Waals surface area (Å²) in [6.07, 6.45) is 3.26. The largest absolute Gasteiger partial charge is 0.339 e. The molecule has 1 aromatic rings. The molecule has 0 saturated carbocycles. The number of carbonyl (C=O) groups excluding carboxylic acids is 2. The smallest absolute Gasteiger partial charge is 0.255 e. The summed E-state index contributed by atoms with van der Waals surface area (Å²) < 4.78 is 0. The highest BCUT2D eigenvalue weighted by atomic mass is 35.5. The molecule has 2 rings (SSSR count). The molecule has 1 atom stereocenters. The zero-order chi connectivity index (χ0) is 14.5. The fourth-order valence-electron chi connectivity index (χ4n) is 2.29. The predicted octanol–water partition coefficient (Wildman–Crippen LogP) is 2.02. The van der Waals surface area contributed by atoms with Gasteiger partial charge in [-0.15, -0.1) is 12.4 Å². The first kappa shape index (κ1) is 17.5. The molecule has 1 fully saturated rings. The molecular formula is C15H22ClN3O2. The van der Waals surface area contributed by atoms with Crippen LogP contribution in [0.1, 0.15) is 36.5 Å². The first-order valence-corrected chi connectivity index (χ1v) is 7.04. The molecule has 1 heterocycles. The van der Waals surface area contributed by atoms with E-state index >= 15 is 0 Å². The Morgan fingerprint density at radius 3 is 2.43 bits per heavy atom. The number of carbonyl (C=O) groups is 2. The zero-order valence-corrected chi connectivity index (χ0v) is 13.0. The van der Waals surface area contributed by atoms with Crippen molar-refractivity contribution in [3.05, 3.63) is 29.8 Å². The minimum absolute atomic E-state index is 0. The number of nitrogens with one attached hydrogen (secondary N) is 1. The molecule has 0 aliphatic carbocycles. The van der Waals surface area contributed by atoms with Gasteiger partial charge in [0.1, 0.15) is 0 Å². The molecule has 1 saturated heterocycles. The average Bonchev–Trinajstić information content (AvgIpc) is 2.48. The van der Waals surface area contributed by atoms with Crippen LogP contribution in [-0.2, 0) is 4.79 Å². The third-order valence-corrected chi connectivity index (χ3v) is 3.47. The van der Waals surface area contributed by atoms with Crippen molar-refractivity contribution >= 4 is 29.9 Å². The predicted molar refractivity (Wildman–Crippen MR) is 85.7 cm³/mol. The monoisotopic (exact) mass is 311 g/mol. The van der Waals surface area contributed by atoms with Crippen molar-refractivity contribution in [2.75, 3.05) is 18.4 Å². The highest BCUT2D eigenvalue weighted by molar-refractivity contribution is 6.04. The number of halogens is 1. The van der Waals surface area contributed by atoms with Crippen molar-refractivity contribution in [2.24, 2.45) is 5.73 Å². The summed E-state index contributed by atoms with van der Waals surface area (Å²) in [6.45, 7) is 3.19. The molecule has 0 spiro atoms. The van der Waals surface area contributed by atoms with Gasteiger partial charge in [0.2, 0.25) is 5.91 Å². The fraction of sp³-hybridized carbons (Fsp3) is 0.467. The average molecular weight is 312 g/mol. The Labute approximate surface area is 131 Å². The quantitative estimate of drug-likeness (QED) is 0.896. The summed E-state index contributed by atoms with van der Waals surface area (Å²) in [6, 6.07) is 6.47. The van der Waals surface area contributed by atoms with Gasteiger partial charge in [0.05, 0.1) is 17.3 Å². The van der Waals surface area contributed by atoms with E-state index in [4.69, 9.17) is 5.73 Å². The Bertz CT molecular complexity index is 499. The summed E-state index contributed by atoms with van der Waals surface area (Å²) >= 11 is 0. The lowest BCUT2D eigenvalue weighted by Gasteiger charge is -2.27. The summed E-state index contributed by atoms with van der Waals surface area (Å²) in [4.78, 5) is 26.1. The number of piperidine rings is 1. The second-order valence-electron chi connectivity index (χ2n) is 5.18. The van der Waals surface area contributed by atoms with Crippen LogP contribution in [-0.4, -0.2) is 35.8 Å². The normalized spacial score (nSPS) is 15.8. The van der Waals surface area contributed by atoms with Gasteiger partial charge in [0.25, 0.3) is 5.91 Å². The number of hydrogen-bond donors (Lipinski definition) is 2. The lowest BCUT2D eigenvalue weighted by atomic mass is 10.1. The lowest BCUT2D eigenvalue weighted by molar-refractivity contribution is -0.117. The van der Waals surface area contributed by atoms with Crippen LogP contribution in [0.2, 0.25) is 0 Å². The molecule has 0 unspecified atom stereocenters. The third-order valence-electron chi connectivity index (χ3n) is 3.47. The fourth-order valence-corrected chi connectivity index (χ4v) is 2.29. The second-order valence-corrected chi connectivity index (χ2v) is 5.18. The number of anilines is 1. The summed E-state index contributed by atoms with van der Waals surface area (Å²) in [5, 5.41) is 2.72. The van der Waals surface area contributed by atoms with E-state index in [9.17, 15) is 9.59 Å². The Kier molecular flexibility index (Phi) is 6.65. The molecule has 1 aliphatic rings. The van der Waals surface area contributed by atoms with Gasteiger partial charge in [-0.05, 0) is 38.3 Å². The summed E-state index contributed by atoms with van der Waals surface area (Å²) in [7, 11) is 0. The Morgan fingerprint density at radius 2 is 1.81 bits per heavy atom. The van der Waals surface area contributed by atoms with Gasteiger partial charge in [0.15, 0.2) is 0 Å². The first-order valence-electron chi connectivity index (χ1n) is 7.04. The Balaban J connectivity index is 0.00000220. The van der Waals surface area contributed by atoms with Crippen LogP contribution in [0.5, 0.6) is 0 Å². The number of nitrogens with zero attached hydrogens (tertiary/aromatic N) is 1. The van der Waals surface area contributed by atoms with E-state index in [1.165, 1.54) is 6.42 Å². The third kappa shape index (κ3) is 4.44. The number of rotatable bonds is 3. The molecule has 116 valence electrons. The molecule has 0 radical (unpaired) electrons. The van der Waals surface area contributed by atoms with E-state index in [0.29, 0.717) is 11.3 Å². The molecule has 0 bridgehead atoms. The van der Waals surface area contributed by atoms with Crippen LogP contribution >= 0.6 is 12.4 Å². The van der Waals surface area contributed by atoms with E-state index in [1.54, 1.807) is 31.2 Å². The zero-order valence-electron chi connectivity index (χ0n) is 12.2. The molecule has 1 aliphatic heterocycles. The van der Waals surface area contributed by atoms with Crippen molar-refractivity contribution in [1.82, 2.24) is 4.90 Å². The van der Waals surface area contributed by atoms with Crippen molar-refractivity contribution in [3.8, 4) is 0 Å². The maximum Gasteiger partial charge on any atom is 0.255 e. The summed E-state index contributed by atoms with van der Waals surface area (Å²) in [5.41, 5.74) is 6.61. The van der Waals surface area contributed by atoms with Crippen molar-refractivity contribution in [2.45, 2.75) is 32.2 Å².